The Labute approximate surface area is 351 Å². The molecule has 0 bridgehead atoms. The summed E-state index contributed by atoms with van der Waals surface area (Å²) < 4.78 is 254. The van der Waals surface area contributed by atoms with Crippen LogP contribution in [0.1, 0.15) is 53.7 Å². The summed E-state index contributed by atoms with van der Waals surface area (Å²) in [5.41, 5.74) is -4.09. The third kappa shape index (κ3) is 4.58. The van der Waals surface area contributed by atoms with E-state index in [0.717, 1.165) is 0 Å². The van der Waals surface area contributed by atoms with Crippen LogP contribution in [-0.2, 0) is 0 Å². The molecule has 54 heavy (non-hydrogen) atoms. The quantitative estimate of drug-likeness (QED) is 0.131. The second-order valence-electron chi connectivity index (χ2n) is 12.8. The number of hydrogen-bond donors (Lipinski definition) is 0. The van der Waals surface area contributed by atoms with E-state index >= 15 is 0 Å². The maximum atomic E-state index is 10.2. The largest absolute Gasteiger partial charge is 0.456 e. The van der Waals surface area contributed by atoms with Crippen molar-refractivity contribution in [2.45, 2.75) is 20.8 Å². The molecule has 1 heteroatoms. The highest BCUT2D eigenvalue weighted by Gasteiger charge is 2.21. The molecule has 0 aliphatic rings. The fourth-order valence-electron chi connectivity index (χ4n) is 7.05. The fourth-order valence-corrected chi connectivity index (χ4v) is 7.05. The average molecular weight is 716 g/mol. The van der Waals surface area contributed by atoms with E-state index in [-0.39, 0.29) is 33.2 Å². The molecule has 0 unspecified atom stereocenters. The van der Waals surface area contributed by atoms with Crippen molar-refractivity contribution in [3.63, 3.8) is 0 Å². The first-order chi connectivity index (χ1) is 37.8. The first kappa shape index (κ1) is 14.3. The summed E-state index contributed by atoms with van der Waals surface area (Å²) in [6.45, 7) is 4.21. The first-order valence-corrected chi connectivity index (χ1v) is 16.7. The lowest BCUT2D eigenvalue weighted by Crippen LogP contribution is -1.96. The normalized spacial score (nSPS) is 19.0. The molecule has 0 atom stereocenters. The lowest BCUT2D eigenvalue weighted by atomic mass is 9.82. The molecule has 1 heterocycles. The van der Waals surface area contributed by atoms with Crippen molar-refractivity contribution >= 4 is 75.8 Å². The van der Waals surface area contributed by atoms with Gasteiger partial charge in [-0.25, -0.2) is 0 Å². The molecule has 0 amide bonds. The summed E-state index contributed by atoms with van der Waals surface area (Å²) in [5, 5.41) is -5.36. The molecule has 11 aromatic rings. The van der Waals surface area contributed by atoms with Crippen LogP contribution < -0.4 is 0 Å². The van der Waals surface area contributed by atoms with Gasteiger partial charge in [-0.3, -0.25) is 0 Å². The van der Waals surface area contributed by atoms with E-state index in [4.69, 9.17) is 23.6 Å². The van der Waals surface area contributed by atoms with Gasteiger partial charge in [-0.15, -0.1) is 0 Å². The van der Waals surface area contributed by atoms with Crippen molar-refractivity contribution in [1.82, 2.24) is 0 Å². The van der Waals surface area contributed by atoms with Crippen LogP contribution in [0.3, 0.4) is 0 Å². The Bertz CT molecular complexity index is 4840. The van der Waals surface area contributed by atoms with Crippen LogP contribution in [0.4, 0.5) is 0 Å². The maximum Gasteiger partial charge on any atom is 0.136 e. The fraction of sp³-hybridized carbons (Fsp3) is 0.0566. The number of rotatable bonds is 3. The van der Waals surface area contributed by atoms with E-state index in [2.05, 4.69) is 0 Å². The number of furan rings is 1. The van der Waals surface area contributed by atoms with Gasteiger partial charge in [-0.2, -0.15) is 0 Å². The van der Waals surface area contributed by atoms with E-state index in [1.165, 1.54) is 20.8 Å². The Morgan fingerprint density at radius 1 is 0.370 bits per heavy atom. The van der Waals surface area contributed by atoms with Gasteiger partial charge in [0.1, 0.15) is 11.2 Å². The van der Waals surface area contributed by atoms with Gasteiger partial charge in [-0.1, -0.05) is 127 Å². The average Bonchev–Trinajstić information content (AvgIpc) is 2.56. The lowest BCUT2D eigenvalue weighted by molar-refractivity contribution is 0.669. The Morgan fingerprint density at radius 3 is 1.80 bits per heavy atom. The van der Waals surface area contributed by atoms with E-state index in [1.807, 2.05) is 0 Å². The van der Waals surface area contributed by atoms with Crippen molar-refractivity contribution < 1.29 is 41.4 Å². The van der Waals surface area contributed by atoms with Crippen LogP contribution >= 0.6 is 0 Å². The van der Waals surface area contributed by atoms with Crippen LogP contribution in [0.15, 0.2) is 168 Å². The molecule has 1 aromatic heterocycles. The summed E-state index contributed by atoms with van der Waals surface area (Å²) in [7, 11) is 0. The standard InChI is InChI=1S/C53H36O/c1-31-11-10-18-44-51(31)53(45-29-40(25-32(2)33(45)3)38-22-21-35-20-19-34-12-6-7-15-41(34)46(35)26-38)43-17-9-8-16-42(43)52(44)39-23-24-49-47(28-39)48-27-36-13-4-5-14-37(36)30-50(48)54-49/h4-30H,1-3H3/i4D,5D,6D,7D,8D,9D,10D,11D,12D,13D,14D,15D,16D,17D,18D,19D,20D,21D,22D,23D,24D,25D,26D,27D,28D,29D,30D. The Hall–Kier alpha value is -6.70. The molecular weight excluding hydrogens is 653 g/mol. The topological polar surface area (TPSA) is 13.1 Å². The molecule has 10 aromatic carbocycles. The highest BCUT2D eigenvalue weighted by molar-refractivity contribution is 6.23. The maximum absolute atomic E-state index is 10.2. The second-order valence-corrected chi connectivity index (χ2v) is 12.8. The number of fused-ring (bicyclic) bond motifs is 9. The van der Waals surface area contributed by atoms with Gasteiger partial charge >= 0.3 is 0 Å². The number of aryl methyl sites for hydroxylation is 1. The van der Waals surface area contributed by atoms with Crippen LogP contribution in [0.2, 0.25) is 0 Å². The smallest absolute Gasteiger partial charge is 0.136 e. The van der Waals surface area contributed by atoms with Crippen molar-refractivity contribution in [3.05, 3.63) is 180 Å². The Balaban J connectivity index is 1.38. The zero-order chi connectivity index (χ0) is 59.6. The monoisotopic (exact) mass is 715 g/mol. The van der Waals surface area contributed by atoms with E-state index < -0.39 is 256 Å². The second kappa shape index (κ2) is 11.7. The van der Waals surface area contributed by atoms with E-state index in [0.29, 0.717) is 0 Å². The lowest BCUT2D eigenvalue weighted by Gasteiger charge is -2.22. The summed E-state index contributed by atoms with van der Waals surface area (Å²) in [6, 6.07) is -20.4. The van der Waals surface area contributed by atoms with Crippen molar-refractivity contribution in [2.75, 3.05) is 0 Å². The van der Waals surface area contributed by atoms with Crippen molar-refractivity contribution in [3.8, 4) is 33.4 Å². The molecule has 0 fully saturated rings. The van der Waals surface area contributed by atoms with Gasteiger partial charge in [0.05, 0.1) is 37.0 Å². The third-order valence-corrected chi connectivity index (χ3v) is 9.70. The number of hydrogen-bond acceptors (Lipinski definition) is 1. The van der Waals surface area contributed by atoms with Crippen LogP contribution in [-0.4, -0.2) is 0 Å². The minimum Gasteiger partial charge on any atom is -0.456 e. The van der Waals surface area contributed by atoms with Gasteiger partial charge in [0.2, 0.25) is 0 Å². The Morgan fingerprint density at radius 2 is 0.981 bits per heavy atom. The molecule has 0 aliphatic heterocycles. The van der Waals surface area contributed by atoms with Crippen molar-refractivity contribution in [2.24, 2.45) is 0 Å². The molecule has 254 valence electrons. The van der Waals surface area contributed by atoms with Gasteiger partial charge < -0.3 is 4.42 Å². The molecule has 11 rings (SSSR count). The number of benzene rings is 10. The summed E-state index contributed by atoms with van der Waals surface area (Å²) >= 11 is 0. The summed E-state index contributed by atoms with van der Waals surface area (Å²) in [6.07, 6.45) is 0. The molecular formula is C53H36O. The van der Waals surface area contributed by atoms with Gasteiger partial charge in [0.15, 0.2) is 0 Å². The predicted octanol–water partition coefficient (Wildman–Crippen LogP) is 15.3. The minimum absolute atomic E-state index is 0.0180. The molecule has 0 N–H and O–H groups in total. The molecule has 0 saturated carbocycles. The van der Waals surface area contributed by atoms with Gasteiger partial charge in [0, 0.05) is 10.8 Å². The molecule has 0 saturated heterocycles. The van der Waals surface area contributed by atoms with Crippen LogP contribution in [0, 0.1) is 20.8 Å². The molecule has 0 radical (unpaired) electrons. The SMILES string of the molecule is [2H]c1c(C)c(C)c(-c2c3c([2H])c([2H])c([2H])c([2H])c3c(-c3c([2H])c([2H])c4oc5c([2H])c6c([2H])c([2H])c([2H])c([2H])c6c([2H])c5c4c3[2H])c3c([2H])c([2H])c([2H])c(C)c23)c([2H])c1-c1c([2H])c([2H])c2c([2H])c([2H])c3c([2H])c([2H])c([2H])c([2H])c3c2c1[2H]. The highest BCUT2D eigenvalue weighted by Crippen LogP contribution is 2.47. The molecule has 1 nitrogen and oxygen atoms in total. The van der Waals surface area contributed by atoms with Crippen molar-refractivity contribution in [1.29, 1.82) is 0 Å². The summed E-state index contributed by atoms with van der Waals surface area (Å²) in [4.78, 5) is 0. The van der Waals surface area contributed by atoms with Crippen LogP contribution in [0.25, 0.3) is 109 Å². The third-order valence-electron chi connectivity index (χ3n) is 9.70. The first-order valence-electron chi connectivity index (χ1n) is 30.2. The molecule has 0 spiro atoms. The predicted molar refractivity (Wildman–Crippen MR) is 232 cm³/mol. The van der Waals surface area contributed by atoms with Crippen LogP contribution in [0.5, 0.6) is 0 Å². The zero-order valence-electron chi connectivity index (χ0n) is 55.4. The van der Waals surface area contributed by atoms with E-state index in [9.17, 15) is 17.8 Å². The minimum atomic E-state index is -0.898. The summed E-state index contributed by atoms with van der Waals surface area (Å²) in [5.74, 6) is 0. The zero-order valence-corrected chi connectivity index (χ0v) is 28.4. The highest BCUT2D eigenvalue weighted by atomic mass is 16.3. The molecule has 0 aliphatic carbocycles. The van der Waals surface area contributed by atoms with Gasteiger partial charge in [-0.05, 0) is 161 Å². The van der Waals surface area contributed by atoms with E-state index in [1.54, 1.807) is 0 Å². The van der Waals surface area contributed by atoms with Gasteiger partial charge in [0.25, 0.3) is 0 Å². The Kier molecular flexibility index (Phi) is 3.08.